The number of ketones is 1. The van der Waals surface area contributed by atoms with E-state index in [9.17, 15) is 9.59 Å². The number of amides is 1. The summed E-state index contributed by atoms with van der Waals surface area (Å²) in [6.45, 7) is 1.88. The van der Waals surface area contributed by atoms with Crippen LogP contribution in [0.4, 0.5) is 0 Å². The summed E-state index contributed by atoms with van der Waals surface area (Å²) < 4.78 is 5.57. The molecule has 1 N–H and O–H groups in total. The Morgan fingerprint density at radius 1 is 1.19 bits per heavy atom. The Kier molecular flexibility index (Phi) is 6.08. The van der Waals surface area contributed by atoms with Gasteiger partial charge in [-0.25, -0.2) is 0 Å². The number of carbonyl (C=O) groups is 2. The third kappa shape index (κ3) is 4.94. The highest BCUT2D eigenvalue weighted by atomic mass is 35.5. The fourth-order valence-electron chi connectivity index (χ4n) is 2.01. The third-order valence-electron chi connectivity index (χ3n) is 3.27. The average Bonchev–Trinajstić information content (AvgIpc) is 3.28. The number of thioether (sulfide) groups is 1. The van der Waals surface area contributed by atoms with E-state index in [1.165, 1.54) is 30.0 Å². The molecule has 3 rings (SSSR count). The normalized spacial score (nSPS) is 10.7. The van der Waals surface area contributed by atoms with Gasteiger partial charge in [0.1, 0.15) is 0 Å². The number of hydrogen-bond donors (Lipinski definition) is 1. The molecule has 3 aromatic rings. The van der Waals surface area contributed by atoms with Crippen molar-refractivity contribution in [2.24, 2.45) is 0 Å². The standard InChI is InChI=1S/C17H14ClN3O3S2/c1-10(22)19-8-13-6-7-15(26-13)14(23)9-25-17-21-20-16(24-17)11-2-4-12(18)5-3-11/h2-7H,8-9H2,1H3,(H,19,22). The highest BCUT2D eigenvalue weighted by Gasteiger charge is 2.14. The van der Waals surface area contributed by atoms with Crippen LogP contribution in [0.5, 0.6) is 0 Å². The Hall–Kier alpha value is -2.16. The molecule has 1 amide bonds. The van der Waals surface area contributed by atoms with Gasteiger partial charge in [-0.2, -0.15) is 0 Å². The highest BCUT2D eigenvalue weighted by Crippen LogP contribution is 2.26. The van der Waals surface area contributed by atoms with Crippen LogP contribution in [0.1, 0.15) is 21.5 Å². The van der Waals surface area contributed by atoms with Gasteiger partial charge in [0.15, 0.2) is 5.78 Å². The number of thiophene rings is 1. The molecule has 0 atom stereocenters. The second-order valence-electron chi connectivity index (χ2n) is 5.27. The van der Waals surface area contributed by atoms with Crippen LogP contribution in [0.3, 0.4) is 0 Å². The van der Waals surface area contributed by atoms with E-state index >= 15 is 0 Å². The van der Waals surface area contributed by atoms with E-state index < -0.39 is 0 Å². The molecule has 0 spiro atoms. The van der Waals surface area contributed by atoms with Gasteiger partial charge in [-0.1, -0.05) is 23.4 Å². The number of nitrogens with one attached hydrogen (secondary N) is 1. The maximum Gasteiger partial charge on any atom is 0.277 e. The van der Waals surface area contributed by atoms with E-state index in [-0.39, 0.29) is 17.4 Å². The van der Waals surface area contributed by atoms with Gasteiger partial charge in [0.05, 0.1) is 17.2 Å². The van der Waals surface area contributed by atoms with E-state index in [0.29, 0.717) is 27.6 Å². The van der Waals surface area contributed by atoms with Crippen LogP contribution in [0.25, 0.3) is 11.5 Å². The minimum absolute atomic E-state index is 0.0275. The van der Waals surface area contributed by atoms with Gasteiger partial charge in [0.25, 0.3) is 5.22 Å². The molecule has 26 heavy (non-hydrogen) atoms. The molecule has 0 saturated heterocycles. The van der Waals surface area contributed by atoms with E-state index in [2.05, 4.69) is 15.5 Å². The van der Waals surface area contributed by atoms with Crippen molar-refractivity contribution in [1.82, 2.24) is 15.5 Å². The minimum Gasteiger partial charge on any atom is -0.411 e. The smallest absolute Gasteiger partial charge is 0.277 e. The first-order valence-electron chi connectivity index (χ1n) is 7.60. The molecule has 0 fully saturated rings. The molecule has 0 aliphatic carbocycles. The summed E-state index contributed by atoms with van der Waals surface area (Å²) in [4.78, 5) is 24.8. The molecule has 0 radical (unpaired) electrons. The molecule has 134 valence electrons. The maximum atomic E-state index is 12.3. The van der Waals surface area contributed by atoms with Crippen molar-refractivity contribution < 1.29 is 14.0 Å². The molecule has 2 aromatic heterocycles. The van der Waals surface area contributed by atoms with Crippen LogP contribution in [0, 0.1) is 0 Å². The number of hydrogen-bond acceptors (Lipinski definition) is 7. The first kappa shape index (κ1) is 18.6. The Morgan fingerprint density at radius 3 is 2.69 bits per heavy atom. The van der Waals surface area contributed by atoms with Crippen molar-refractivity contribution in [3.63, 3.8) is 0 Å². The summed E-state index contributed by atoms with van der Waals surface area (Å²) >= 11 is 8.41. The van der Waals surface area contributed by atoms with Crippen LogP contribution >= 0.6 is 34.7 Å². The molecule has 0 aliphatic heterocycles. The second kappa shape index (κ2) is 8.48. The fourth-order valence-corrected chi connectivity index (χ4v) is 3.76. The molecule has 9 heteroatoms. The topological polar surface area (TPSA) is 85.1 Å². The zero-order valence-electron chi connectivity index (χ0n) is 13.7. The van der Waals surface area contributed by atoms with Crippen molar-refractivity contribution in [2.45, 2.75) is 18.7 Å². The Balaban J connectivity index is 1.56. The predicted molar refractivity (Wildman–Crippen MR) is 102 cm³/mol. The Bertz CT molecular complexity index is 921. The molecular weight excluding hydrogens is 394 g/mol. The highest BCUT2D eigenvalue weighted by molar-refractivity contribution is 7.99. The zero-order valence-corrected chi connectivity index (χ0v) is 16.1. The number of rotatable bonds is 7. The molecule has 0 unspecified atom stereocenters. The SMILES string of the molecule is CC(=O)NCc1ccc(C(=O)CSc2nnc(-c3ccc(Cl)cc3)o2)s1. The number of benzene rings is 1. The summed E-state index contributed by atoms with van der Waals surface area (Å²) in [6, 6.07) is 10.7. The lowest BCUT2D eigenvalue weighted by Gasteiger charge is -1.97. The number of aromatic nitrogens is 2. The summed E-state index contributed by atoms with van der Waals surface area (Å²) in [5, 5.41) is 11.6. The van der Waals surface area contributed by atoms with Crippen LogP contribution in [-0.2, 0) is 11.3 Å². The first-order chi connectivity index (χ1) is 12.5. The lowest BCUT2D eigenvalue weighted by atomic mass is 10.2. The van der Waals surface area contributed by atoms with E-state index in [0.717, 1.165) is 10.4 Å². The average molecular weight is 408 g/mol. The molecule has 0 saturated carbocycles. The molecule has 0 aliphatic rings. The van der Waals surface area contributed by atoms with Gasteiger partial charge in [-0.3, -0.25) is 9.59 Å². The van der Waals surface area contributed by atoms with Crippen LogP contribution in [-0.4, -0.2) is 27.6 Å². The molecular formula is C17H14ClN3O3S2. The zero-order chi connectivity index (χ0) is 18.5. The second-order valence-corrected chi connectivity index (χ2v) is 7.80. The van der Waals surface area contributed by atoms with E-state index in [1.54, 1.807) is 30.3 Å². The lowest BCUT2D eigenvalue weighted by molar-refractivity contribution is -0.119. The Morgan fingerprint density at radius 2 is 1.96 bits per heavy atom. The van der Waals surface area contributed by atoms with Crippen LogP contribution < -0.4 is 5.32 Å². The van der Waals surface area contributed by atoms with Gasteiger partial charge in [-0.05, 0) is 36.4 Å². The molecule has 1 aromatic carbocycles. The van der Waals surface area contributed by atoms with Crippen molar-refractivity contribution in [3.8, 4) is 11.5 Å². The quantitative estimate of drug-likeness (QED) is 0.469. The van der Waals surface area contributed by atoms with Gasteiger partial charge >= 0.3 is 0 Å². The lowest BCUT2D eigenvalue weighted by Crippen LogP contribution is -2.18. The minimum atomic E-state index is -0.102. The van der Waals surface area contributed by atoms with Gasteiger partial charge in [-0.15, -0.1) is 21.5 Å². The predicted octanol–water partition coefficient (Wildman–Crippen LogP) is 4.06. The molecule has 6 nitrogen and oxygen atoms in total. The molecule has 0 bridgehead atoms. The van der Waals surface area contributed by atoms with Crippen molar-refractivity contribution >= 4 is 46.4 Å². The fraction of sp³-hybridized carbons (Fsp3) is 0.176. The number of halogens is 1. The first-order valence-corrected chi connectivity index (χ1v) is 9.78. The van der Waals surface area contributed by atoms with E-state index in [1.807, 2.05) is 6.07 Å². The number of Topliss-reactive ketones (excluding diaryl/α,β-unsaturated/α-hetero) is 1. The van der Waals surface area contributed by atoms with Crippen LogP contribution in [0.15, 0.2) is 46.0 Å². The van der Waals surface area contributed by atoms with Crippen molar-refractivity contribution in [2.75, 3.05) is 5.75 Å². The maximum absolute atomic E-state index is 12.3. The summed E-state index contributed by atoms with van der Waals surface area (Å²) in [6.07, 6.45) is 0. The third-order valence-corrected chi connectivity index (χ3v) is 5.47. The summed E-state index contributed by atoms with van der Waals surface area (Å²) in [7, 11) is 0. The van der Waals surface area contributed by atoms with Gasteiger partial charge in [0, 0.05) is 22.4 Å². The van der Waals surface area contributed by atoms with Crippen molar-refractivity contribution in [1.29, 1.82) is 0 Å². The Labute approximate surface area is 163 Å². The van der Waals surface area contributed by atoms with Crippen molar-refractivity contribution in [3.05, 3.63) is 51.2 Å². The monoisotopic (exact) mass is 407 g/mol. The van der Waals surface area contributed by atoms with E-state index in [4.69, 9.17) is 16.0 Å². The van der Waals surface area contributed by atoms with Crippen LogP contribution in [0.2, 0.25) is 5.02 Å². The number of carbonyl (C=O) groups excluding carboxylic acids is 2. The summed E-state index contributed by atoms with van der Waals surface area (Å²) in [5.41, 5.74) is 0.765. The largest absolute Gasteiger partial charge is 0.411 e. The molecule has 2 heterocycles. The summed E-state index contributed by atoms with van der Waals surface area (Å²) in [5.74, 6) is 0.447. The van der Waals surface area contributed by atoms with Gasteiger partial charge in [0.2, 0.25) is 11.8 Å². The number of nitrogens with zero attached hydrogens (tertiary/aromatic N) is 2. The van der Waals surface area contributed by atoms with Gasteiger partial charge < -0.3 is 9.73 Å².